The van der Waals surface area contributed by atoms with E-state index in [0.717, 1.165) is 53.8 Å². The van der Waals surface area contributed by atoms with Crippen molar-refractivity contribution in [3.8, 4) is 5.75 Å². The maximum absolute atomic E-state index is 5.29. The minimum absolute atomic E-state index is 0.550. The Labute approximate surface area is 149 Å². The number of ether oxygens (including phenoxy) is 1. The Bertz CT molecular complexity index is 836. The minimum Gasteiger partial charge on any atom is -0.497 e. The molecule has 1 aliphatic rings. The maximum Gasteiger partial charge on any atom is 0.186 e. The van der Waals surface area contributed by atoms with E-state index in [9.17, 15) is 0 Å². The van der Waals surface area contributed by atoms with Gasteiger partial charge in [0.25, 0.3) is 0 Å². The van der Waals surface area contributed by atoms with Gasteiger partial charge in [0, 0.05) is 25.1 Å². The number of piperidine rings is 1. The number of methoxy groups -OCH3 is 1. The van der Waals surface area contributed by atoms with Crippen LogP contribution in [0.2, 0.25) is 0 Å². The van der Waals surface area contributed by atoms with Crippen LogP contribution in [-0.4, -0.2) is 35.4 Å². The van der Waals surface area contributed by atoms with E-state index in [1.165, 1.54) is 9.71 Å². The molecular weight excluding hydrogens is 340 g/mol. The summed E-state index contributed by atoms with van der Waals surface area (Å²) >= 11 is 3.54. The number of hydrogen-bond acceptors (Lipinski definition) is 7. The molecule has 0 amide bonds. The van der Waals surface area contributed by atoms with E-state index in [-0.39, 0.29) is 0 Å². The van der Waals surface area contributed by atoms with Gasteiger partial charge < -0.3 is 9.64 Å². The second-order valence-electron chi connectivity index (χ2n) is 5.98. The van der Waals surface area contributed by atoms with Crippen molar-refractivity contribution in [1.82, 2.24) is 15.2 Å². The molecule has 3 aromatic rings. The molecule has 0 saturated carbocycles. The number of fused-ring (bicyclic) bond motifs is 1. The average molecular weight is 361 g/mol. The van der Waals surface area contributed by atoms with Gasteiger partial charge in [-0.3, -0.25) is 0 Å². The minimum atomic E-state index is 0.550. The van der Waals surface area contributed by atoms with Crippen molar-refractivity contribution < 1.29 is 4.74 Å². The van der Waals surface area contributed by atoms with Gasteiger partial charge in [0.05, 0.1) is 17.3 Å². The SMILES string of the molecule is CCc1nnc(C2CCN(c3nc4cc(OC)ccc4s3)CC2)s1. The lowest BCUT2D eigenvalue weighted by molar-refractivity contribution is 0.415. The molecule has 3 heterocycles. The highest BCUT2D eigenvalue weighted by Gasteiger charge is 2.25. The molecule has 1 aromatic carbocycles. The number of aromatic nitrogens is 3. The molecule has 5 nitrogen and oxygen atoms in total. The Morgan fingerprint density at radius 2 is 2.04 bits per heavy atom. The number of benzene rings is 1. The Hall–Kier alpha value is -1.73. The first-order valence-electron chi connectivity index (χ1n) is 8.28. The maximum atomic E-state index is 5.29. The lowest BCUT2D eigenvalue weighted by atomic mass is 9.98. The van der Waals surface area contributed by atoms with Crippen molar-refractivity contribution in [3.05, 3.63) is 28.2 Å². The summed E-state index contributed by atoms with van der Waals surface area (Å²) in [4.78, 5) is 7.20. The summed E-state index contributed by atoms with van der Waals surface area (Å²) in [6.45, 7) is 4.19. The van der Waals surface area contributed by atoms with Crippen LogP contribution < -0.4 is 9.64 Å². The molecule has 4 rings (SSSR count). The van der Waals surface area contributed by atoms with Gasteiger partial charge in [0.15, 0.2) is 5.13 Å². The zero-order chi connectivity index (χ0) is 16.5. The fourth-order valence-electron chi connectivity index (χ4n) is 3.05. The van der Waals surface area contributed by atoms with Gasteiger partial charge in [-0.15, -0.1) is 21.5 Å². The Balaban J connectivity index is 1.47. The Kier molecular flexibility index (Phi) is 4.37. The quantitative estimate of drug-likeness (QED) is 0.701. The average Bonchev–Trinajstić information content (AvgIpc) is 3.27. The lowest BCUT2D eigenvalue weighted by Gasteiger charge is -2.30. The van der Waals surface area contributed by atoms with Crippen LogP contribution >= 0.6 is 22.7 Å². The zero-order valence-electron chi connectivity index (χ0n) is 13.9. The van der Waals surface area contributed by atoms with Crippen LogP contribution in [0.1, 0.15) is 35.7 Å². The predicted octanol–water partition coefficient (Wildman–Crippen LogP) is 4.10. The second kappa shape index (κ2) is 6.64. The fourth-order valence-corrected chi connectivity index (χ4v) is 5.00. The van der Waals surface area contributed by atoms with Crippen LogP contribution in [-0.2, 0) is 6.42 Å². The largest absolute Gasteiger partial charge is 0.497 e. The molecule has 0 atom stereocenters. The number of hydrogen-bond donors (Lipinski definition) is 0. The molecule has 126 valence electrons. The van der Waals surface area contributed by atoms with Gasteiger partial charge in [-0.1, -0.05) is 18.3 Å². The summed E-state index contributed by atoms with van der Waals surface area (Å²) in [5.41, 5.74) is 1.02. The van der Waals surface area contributed by atoms with E-state index in [2.05, 4.69) is 28.1 Å². The van der Waals surface area contributed by atoms with Gasteiger partial charge in [0.2, 0.25) is 0 Å². The van der Waals surface area contributed by atoms with E-state index in [1.807, 2.05) is 12.1 Å². The number of aryl methyl sites for hydroxylation is 1. The van der Waals surface area contributed by atoms with E-state index >= 15 is 0 Å². The number of nitrogens with zero attached hydrogens (tertiary/aromatic N) is 4. The number of anilines is 1. The van der Waals surface area contributed by atoms with Crippen molar-refractivity contribution >= 4 is 38.0 Å². The third kappa shape index (κ3) is 2.98. The summed E-state index contributed by atoms with van der Waals surface area (Å²) in [6.07, 6.45) is 3.22. The standard InChI is InChI=1S/C17H20N4OS2/c1-3-15-19-20-16(24-15)11-6-8-21(9-7-11)17-18-13-10-12(22-2)4-5-14(13)23-17/h4-5,10-11H,3,6-9H2,1-2H3. The summed E-state index contributed by atoms with van der Waals surface area (Å²) < 4.78 is 6.50. The lowest BCUT2D eigenvalue weighted by Crippen LogP contribution is -2.32. The molecule has 0 unspecified atom stereocenters. The van der Waals surface area contributed by atoms with Gasteiger partial charge in [-0.2, -0.15) is 0 Å². The van der Waals surface area contributed by atoms with Crippen LogP contribution in [0.25, 0.3) is 10.2 Å². The van der Waals surface area contributed by atoms with E-state index < -0.39 is 0 Å². The topological polar surface area (TPSA) is 51.1 Å². The summed E-state index contributed by atoms with van der Waals surface area (Å²) in [5.74, 6) is 1.41. The van der Waals surface area contributed by atoms with Crippen LogP contribution in [0.3, 0.4) is 0 Å². The molecule has 24 heavy (non-hydrogen) atoms. The third-order valence-electron chi connectivity index (χ3n) is 4.48. The monoisotopic (exact) mass is 360 g/mol. The molecule has 0 aliphatic carbocycles. The van der Waals surface area contributed by atoms with Crippen molar-refractivity contribution in [2.45, 2.75) is 32.1 Å². The smallest absolute Gasteiger partial charge is 0.186 e. The van der Waals surface area contributed by atoms with Gasteiger partial charge in [-0.25, -0.2) is 4.98 Å². The third-order valence-corrected chi connectivity index (χ3v) is 6.81. The van der Waals surface area contributed by atoms with Gasteiger partial charge >= 0.3 is 0 Å². The van der Waals surface area contributed by atoms with Gasteiger partial charge in [-0.05, 0) is 31.4 Å². The highest BCUT2D eigenvalue weighted by molar-refractivity contribution is 7.22. The van der Waals surface area contributed by atoms with Crippen molar-refractivity contribution in [2.75, 3.05) is 25.1 Å². The molecule has 2 aromatic heterocycles. The zero-order valence-corrected chi connectivity index (χ0v) is 15.5. The first-order valence-corrected chi connectivity index (χ1v) is 9.92. The van der Waals surface area contributed by atoms with E-state index in [4.69, 9.17) is 9.72 Å². The van der Waals surface area contributed by atoms with E-state index in [1.54, 1.807) is 29.8 Å². The molecule has 1 saturated heterocycles. The molecule has 1 aliphatic heterocycles. The molecule has 0 radical (unpaired) electrons. The molecular formula is C17H20N4OS2. The number of thiazole rings is 1. The fraction of sp³-hybridized carbons (Fsp3) is 0.471. The first kappa shape index (κ1) is 15.8. The van der Waals surface area contributed by atoms with Crippen molar-refractivity contribution in [2.24, 2.45) is 0 Å². The normalized spacial score (nSPS) is 16.0. The highest BCUT2D eigenvalue weighted by atomic mass is 32.1. The molecule has 0 spiro atoms. The van der Waals surface area contributed by atoms with Gasteiger partial charge in [0.1, 0.15) is 15.8 Å². The Morgan fingerprint density at radius 3 is 2.75 bits per heavy atom. The predicted molar refractivity (Wildman–Crippen MR) is 99.6 cm³/mol. The second-order valence-corrected chi connectivity index (χ2v) is 8.08. The summed E-state index contributed by atoms with van der Waals surface area (Å²) in [7, 11) is 1.69. The first-order chi connectivity index (χ1) is 11.8. The summed E-state index contributed by atoms with van der Waals surface area (Å²) in [5, 5.41) is 12.1. The van der Waals surface area contributed by atoms with Crippen LogP contribution in [0.4, 0.5) is 5.13 Å². The van der Waals surface area contributed by atoms with Crippen LogP contribution in [0, 0.1) is 0 Å². The number of rotatable bonds is 4. The van der Waals surface area contributed by atoms with E-state index in [0.29, 0.717) is 5.92 Å². The Morgan fingerprint density at radius 1 is 1.21 bits per heavy atom. The molecule has 0 N–H and O–H groups in total. The summed E-state index contributed by atoms with van der Waals surface area (Å²) in [6, 6.07) is 6.10. The molecule has 1 fully saturated rings. The molecule has 0 bridgehead atoms. The van der Waals surface area contributed by atoms with Crippen LogP contribution in [0.15, 0.2) is 18.2 Å². The molecule has 7 heteroatoms. The van der Waals surface area contributed by atoms with Crippen molar-refractivity contribution in [1.29, 1.82) is 0 Å². The highest BCUT2D eigenvalue weighted by Crippen LogP contribution is 2.36. The van der Waals surface area contributed by atoms with Crippen LogP contribution in [0.5, 0.6) is 5.75 Å². The van der Waals surface area contributed by atoms with Crippen molar-refractivity contribution in [3.63, 3.8) is 0 Å².